The number of carbonyl (C=O) groups is 4. The minimum atomic E-state index is -0.959. The van der Waals surface area contributed by atoms with Crippen LogP contribution >= 0.6 is 11.8 Å². The molecule has 4 rings (SSSR count). The van der Waals surface area contributed by atoms with E-state index in [-0.39, 0.29) is 36.7 Å². The third-order valence-electron chi connectivity index (χ3n) is 6.40. The summed E-state index contributed by atoms with van der Waals surface area (Å²) in [5.41, 5.74) is 0.989. The average Bonchev–Trinajstić information content (AvgIpc) is 2.90. The first kappa shape index (κ1) is 29.3. The van der Waals surface area contributed by atoms with E-state index in [1.807, 2.05) is 60.7 Å². The van der Waals surface area contributed by atoms with E-state index in [0.717, 1.165) is 0 Å². The molecule has 0 aromatic heterocycles. The predicted octanol–water partition coefficient (Wildman–Crippen LogP) is 1.93. The fourth-order valence-corrected chi connectivity index (χ4v) is 6.23. The van der Waals surface area contributed by atoms with Crippen LogP contribution in [-0.2, 0) is 23.9 Å². The normalized spacial score (nSPS) is 19.9. The number of aliphatic hydroxyl groups excluding tert-OH is 2. The number of fused-ring (bicyclic) bond motifs is 1. The summed E-state index contributed by atoms with van der Waals surface area (Å²) in [6.45, 7) is 4.00. The highest BCUT2D eigenvalue weighted by Gasteiger charge is 2.51. The van der Waals surface area contributed by atoms with Crippen molar-refractivity contribution >= 4 is 35.5 Å². The van der Waals surface area contributed by atoms with Gasteiger partial charge in [0.15, 0.2) is 6.10 Å². The number of hydrogen-bond acceptors (Lipinski definition) is 8. The lowest BCUT2D eigenvalue weighted by molar-refractivity contribution is -0.152. The zero-order valence-corrected chi connectivity index (χ0v) is 23.3. The molecule has 0 aliphatic carbocycles. The second-order valence-corrected chi connectivity index (χ2v) is 11.2. The van der Waals surface area contributed by atoms with E-state index >= 15 is 0 Å². The Hall–Kier alpha value is -3.67. The van der Waals surface area contributed by atoms with Gasteiger partial charge in [-0.2, -0.15) is 0 Å². The van der Waals surface area contributed by atoms with Crippen molar-refractivity contribution in [2.75, 3.05) is 13.1 Å². The number of thioether (sulfide) groups is 1. The van der Waals surface area contributed by atoms with Crippen LogP contribution in [0.2, 0.25) is 0 Å². The highest BCUT2D eigenvalue weighted by atomic mass is 32.2. The van der Waals surface area contributed by atoms with Crippen LogP contribution in [0.15, 0.2) is 71.9 Å². The Bertz CT molecular complexity index is 1230. The van der Waals surface area contributed by atoms with Crippen LogP contribution in [0, 0.1) is 0 Å². The molecule has 0 saturated carbocycles. The summed E-state index contributed by atoms with van der Waals surface area (Å²) in [6.07, 6.45) is -2.58. The number of benzene rings is 2. The third kappa shape index (κ3) is 6.55. The lowest BCUT2D eigenvalue weighted by atomic mass is 10.0. The van der Waals surface area contributed by atoms with Gasteiger partial charge in [0, 0.05) is 20.0 Å². The van der Waals surface area contributed by atoms with Crippen molar-refractivity contribution in [2.24, 2.45) is 0 Å². The summed E-state index contributed by atoms with van der Waals surface area (Å²) < 4.78 is 6.06. The number of rotatable bonds is 10. The maximum atomic E-state index is 14.0. The zero-order chi connectivity index (χ0) is 29.0. The zero-order valence-electron chi connectivity index (χ0n) is 22.5. The van der Waals surface area contributed by atoms with Crippen LogP contribution in [0.3, 0.4) is 0 Å². The fourth-order valence-electron chi connectivity index (χ4n) is 4.75. The molecule has 4 atom stereocenters. The van der Waals surface area contributed by atoms with E-state index in [1.54, 1.807) is 0 Å². The van der Waals surface area contributed by atoms with Gasteiger partial charge in [0.25, 0.3) is 5.91 Å². The summed E-state index contributed by atoms with van der Waals surface area (Å²) in [4.78, 5) is 55.5. The molecule has 0 radical (unpaired) electrons. The van der Waals surface area contributed by atoms with Crippen molar-refractivity contribution in [2.45, 2.75) is 56.3 Å². The molecule has 0 bridgehead atoms. The summed E-state index contributed by atoms with van der Waals surface area (Å²) >= 11 is 1.17. The third-order valence-corrected chi connectivity index (χ3v) is 7.72. The molecular weight excluding hydrogens is 534 g/mol. The highest BCUT2D eigenvalue weighted by molar-refractivity contribution is 8.00. The molecule has 1 saturated heterocycles. The molecule has 2 aliphatic rings. The van der Waals surface area contributed by atoms with Crippen LogP contribution in [0.5, 0.6) is 0 Å². The number of β-lactam (4-membered cyclic amide) rings is 1. The van der Waals surface area contributed by atoms with Crippen molar-refractivity contribution in [3.63, 3.8) is 0 Å². The smallest absolute Gasteiger partial charge is 0.356 e. The van der Waals surface area contributed by atoms with Crippen LogP contribution in [0.25, 0.3) is 0 Å². The summed E-state index contributed by atoms with van der Waals surface area (Å²) in [6, 6.07) is 18.2. The first-order valence-corrected chi connectivity index (χ1v) is 14.0. The van der Waals surface area contributed by atoms with E-state index in [9.17, 15) is 29.4 Å². The molecule has 2 heterocycles. The van der Waals surface area contributed by atoms with E-state index in [1.165, 1.54) is 42.3 Å². The molecule has 3 N–H and O–H groups in total. The molecule has 0 spiro atoms. The minimum Gasteiger partial charge on any atom is -0.448 e. The van der Waals surface area contributed by atoms with Crippen LogP contribution in [-0.4, -0.2) is 79.7 Å². The number of hydrogen-bond donors (Lipinski definition) is 3. The number of carbonyl (C=O) groups excluding carboxylic acids is 4. The van der Waals surface area contributed by atoms with Crippen molar-refractivity contribution in [1.82, 2.24) is 15.1 Å². The second-order valence-electron chi connectivity index (χ2n) is 9.92. The molecule has 212 valence electrons. The Morgan fingerprint density at radius 1 is 1.00 bits per heavy atom. The second kappa shape index (κ2) is 12.7. The van der Waals surface area contributed by atoms with Gasteiger partial charge in [0.1, 0.15) is 11.1 Å². The number of nitrogens with zero attached hydrogens (tertiary/aromatic N) is 2. The van der Waals surface area contributed by atoms with Crippen molar-refractivity contribution < 1.29 is 34.1 Å². The molecule has 2 aliphatic heterocycles. The van der Waals surface area contributed by atoms with Gasteiger partial charge in [0.05, 0.1) is 29.6 Å². The lowest BCUT2D eigenvalue weighted by Gasteiger charge is -2.47. The quantitative estimate of drug-likeness (QED) is 0.293. The van der Waals surface area contributed by atoms with Gasteiger partial charge in [-0.1, -0.05) is 60.7 Å². The summed E-state index contributed by atoms with van der Waals surface area (Å²) in [7, 11) is 0. The molecule has 3 amide bonds. The van der Waals surface area contributed by atoms with E-state index in [2.05, 4.69) is 5.32 Å². The van der Waals surface area contributed by atoms with E-state index in [4.69, 9.17) is 4.74 Å². The van der Waals surface area contributed by atoms with Crippen molar-refractivity contribution in [3.05, 3.63) is 83.1 Å². The van der Waals surface area contributed by atoms with E-state index < -0.39 is 46.8 Å². The minimum absolute atomic E-state index is 0.130. The van der Waals surface area contributed by atoms with Gasteiger partial charge in [-0.3, -0.25) is 19.3 Å². The molecule has 1 fully saturated rings. The number of nitrogens with one attached hydrogen (secondary N) is 1. The molecule has 40 heavy (non-hydrogen) atoms. The maximum Gasteiger partial charge on any atom is 0.356 e. The lowest BCUT2D eigenvalue weighted by Crippen LogP contribution is -2.59. The van der Waals surface area contributed by atoms with Gasteiger partial charge in [-0.25, -0.2) is 4.79 Å². The topological polar surface area (TPSA) is 136 Å². The Morgan fingerprint density at radius 2 is 1.52 bits per heavy atom. The average molecular weight is 568 g/mol. The maximum absolute atomic E-state index is 14.0. The molecule has 2 aromatic carbocycles. The predicted molar refractivity (Wildman–Crippen MR) is 148 cm³/mol. The molecule has 2 aromatic rings. The van der Waals surface area contributed by atoms with Gasteiger partial charge in [0.2, 0.25) is 11.8 Å². The first-order chi connectivity index (χ1) is 19.1. The fraction of sp³-hybridized carbons (Fsp3) is 0.379. The number of ether oxygens (including phenoxy) is 1. The van der Waals surface area contributed by atoms with Gasteiger partial charge < -0.3 is 25.2 Å². The summed E-state index contributed by atoms with van der Waals surface area (Å²) in [5, 5.41) is 21.4. The first-order valence-electron chi connectivity index (χ1n) is 13.0. The molecule has 11 heteroatoms. The van der Waals surface area contributed by atoms with Crippen LogP contribution in [0.4, 0.5) is 0 Å². The van der Waals surface area contributed by atoms with Crippen molar-refractivity contribution in [3.8, 4) is 0 Å². The van der Waals surface area contributed by atoms with Gasteiger partial charge in [-0.15, -0.1) is 11.8 Å². The van der Waals surface area contributed by atoms with Gasteiger partial charge >= 0.3 is 5.97 Å². The Balaban J connectivity index is 1.83. The number of esters is 1. The van der Waals surface area contributed by atoms with Crippen LogP contribution < -0.4 is 5.32 Å². The highest BCUT2D eigenvalue weighted by Crippen LogP contribution is 2.44. The molecule has 10 nitrogen and oxygen atoms in total. The van der Waals surface area contributed by atoms with Gasteiger partial charge in [-0.05, 0) is 25.0 Å². The number of aliphatic hydroxyl groups is 2. The largest absolute Gasteiger partial charge is 0.448 e. The Morgan fingerprint density at radius 3 is 1.98 bits per heavy atom. The number of amides is 3. The van der Waals surface area contributed by atoms with E-state index in [0.29, 0.717) is 11.1 Å². The van der Waals surface area contributed by atoms with Crippen molar-refractivity contribution in [1.29, 1.82) is 0 Å². The molecular formula is C29H33N3O7S. The monoisotopic (exact) mass is 567 g/mol. The molecule has 3 unspecified atom stereocenters. The standard InChI is InChI=1S/C29H33N3O7S/c1-17(33)15-31(16-18(2)34)28(37)24-25(32-22(36)14-23(32)40-27(24)30-19(3)35)29(38)39-26(20-10-6-4-7-11-20)21-12-8-5-9-13-21/h4-13,17-18,23,26-27,33-34H,14-16H2,1-3H3,(H,30,35)/t17?,18?,23-,27?/m0/s1. The SMILES string of the molecule is CC(=O)NC1S[C@H]2CC(=O)N2C(C(=O)OC(c2ccccc2)c2ccccc2)=C1C(=O)N(CC(C)O)CC(C)O. The summed E-state index contributed by atoms with van der Waals surface area (Å²) in [5.74, 6) is -2.39. The Labute approximate surface area is 237 Å². The Kier molecular flexibility index (Phi) is 9.28. The van der Waals surface area contributed by atoms with Crippen LogP contribution in [0.1, 0.15) is 44.4 Å².